The number of ether oxygens (including phenoxy) is 1. The van der Waals surface area contributed by atoms with Gasteiger partial charge in [0.05, 0.1) is 25.0 Å². The number of furan rings is 1. The zero-order valence-corrected chi connectivity index (χ0v) is 12.7. The lowest BCUT2D eigenvalue weighted by Gasteiger charge is -2.41. The van der Waals surface area contributed by atoms with Crippen LogP contribution in [0, 0.1) is 11.8 Å². The summed E-state index contributed by atoms with van der Waals surface area (Å²) in [7, 11) is 0. The van der Waals surface area contributed by atoms with Crippen molar-refractivity contribution in [2.24, 2.45) is 11.8 Å². The summed E-state index contributed by atoms with van der Waals surface area (Å²) in [5, 5.41) is 9.16. The SMILES string of the molecule is CCc1ccc(C2COCCN2C(=O)C2CCC2C(=O)O)o1. The van der Waals surface area contributed by atoms with Crippen molar-refractivity contribution >= 4 is 11.9 Å². The quantitative estimate of drug-likeness (QED) is 0.918. The van der Waals surface area contributed by atoms with E-state index in [0.717, 1.165) is 17.9 Å². The Balaban J connectivity index is 1.77. The fourth-order valence-electron chi connectivity index (χ4n) is 3.17. The lowest BCUT2D eigenvalue weighted by molar-refractivity contribution is -0.161. The number of hydrogen-bond acceptors (Lipinski definition) is 4. The van der Waals surface area contributed by atoms with Gasteiger partial charge in [-0.05, 0) is 25.0 Å². The van der Waals surface area contributed by atoms with Gasteiger partial charge in [0, 0.05) is 13.0 Å². The molecule has 1 N–H and O–H groups in total. The van der Waals surface area contributed by atoms with E-state index in [-0.39, 0.29) is 11.9 Å². The van der Waals surface area contributed by atoms with E-state index >= 15 is 0 Å². The second-order valence-electron chi connectivity index (χ2n) is 5.91. The van der Waals surface area contributed by atoms with Gasteiger partial charge in [-0.15, -0.1) is 0 Å². The van der Waals surface area contributed by atoms with Gasteiger partial charge in [0.1, 0.15) is 17.6 Å². The molecule has 1 aliphatic carbocycles. The average Bonchev–Trinajstić information content (AvgIpc) is 2.94. The third kappa shape index (κ3) is 2.63. The summed E-state index contributed by atoms with van der Waals surface area (Å²) in [6.45, 7) is 3.37. The normalized spacial score (nSPS) is 28.2. The molecule has 0 aromatic carbocycles. The van der Waals surface area contributed by atoms with Crippen LogP contribution in [0.2, 0.25) is 0 Å². The summed E-state index contributed by atoms with van der Waals surface area (Å²) in [6, 6.07) is 3.54. The maximum Gasteiger partial charge on any atom is 0.307 e. The molecule has 2 heterocycles. The third-order valence-corrected chi connectivity index (χ3v) is 4.68. The number of carboxylic acids is 1. The molecule has 2 fully saturated rings. The van der Waals surface area contributed by atoms with Crippen LogP contribution in [0.4, 0.5) is 0 Å². The lowest BCUT2D eigenvalue weighted by atomic mass is 9.72. The van der Waals surface area contributed by atoms with E-state index < -0.39 is 17.8 Å². The molecule has 0 radical (unpaired) electrons. The van der Waals surface area contributed by atoms with Gasteiger partial charge in [-0.2, -0.15) is 0 Å². The van der Waals surface area contributed by atoms with Crippen LogP contribution < -0.4 is 0 Å². The monoisotopic (exact) mass is 307 g/mol. The van der Waals surface area contributed by atoms with Crippen LogP contribution >= 0.6 is 0 Å². The first kappa shape index (κ1) is 15.1. The fourth-order valence-corrected chi connectivity index (χ4v) is 3.17. The highest BCUT2D eigenvalue weighted by molar-refractivity contribution is 5.86. The fraction of sp³-hybridized carbons (Fsp3) is 0.625. The van der Waals surface area contributed by atoms with E-state index in [0.29, 0.717) is 32.6 Å². The summed E-state index contributed by atoms with van der Waals surface area (Å²) in [5.41, 5.74) is 0. The Hall–Kier alpha value is -1.82. The molecule has 2 aliphatic rings. The molecule has 6 nitrogen and oxygen atoms in total. The number of rotatable bonds is 4. The molecule has 1 saturated carbocycles. The Kier molecular flexibility index (Phi) is 4.20. The first-order valence-electron chi connectivity index (χ1n) is 7.81. The molecule has 1 saturated heterocycles. The number of carbonyl (C=O) groups excluding carboxylic acids is 1. The molecule has 120 valence electrons. The predicted octanol–water partition coefficient (Wildman–Crippen LogP) is 1.85. The molecule has 3 unspecified atom stereocenters. The molecule has 3 rings (SSSR count). The summed E-state index contributed by atoms with van der Waals surface area (Å²) >= 11 is 0. The largest absolute Gasteiger partial charge is 0.481 e. The second-order valence-corrected chi connectivity index (χ2v) is 5.91. The second kappa shape index (κ2) is 6.12. The van der Waals surface area contributed by atoms with E-state index in [1.807, 2.05) is 19.1 Å². The lowest BCUT2D eigenvalue weighted by Crippen LogP contribution is -2.50. The smallest absolute Gasteiger partial charge is 0.307 e. The van der Waals surface area contributed by atoms with Crippen LogP contribution in [-0.4, -0.2) is 41.6 Å². The minimum atomic E-state index is -0.874. The van der Waals surface area contributed by atoms with Crippen molar-refractivity contribution in [1.82, 2.24) is 4.90 Å². The van der Waals surface area contributed by atoms with Gasteiger partial charge in [-0.1, -0.05) is 6.92 Å². The highest BCUT2D eigenvalue weighted by atomic mass is 16.5. The van der Waals surface area contributed by atoms with Gasteiger partial charge in [-0.25, -0.2) is 0 Å². The van der Waals surface area contributed by atoms with Crippen LogP contribution in [0.1, 0.15) is 37.3 Å². The molecule has 1 amide bonds. The Morgan fingerprint density at radius 1 is 1.32 bits per heavy atom. The van der Waals surface area contributed by atoms with Crippen LogP contribution in [0.3, 0.4) is 0 Å². The van der Waals surface area contributed by atoms with E-state index in [1.165, 1.54) is 0 Å². The van der Waals surface area contributed by atoms with Gasteiger partial charge in [0.25, 0.3) is 0 Å². The molecule has 6 heteroatoms. The van der Waals surface area contributed by atoms with Gasteiger partial charge in [-0.3, -0.25) is 9.59 Å². The Morgan fingerprint density at radius 2 is 2.09 bits per heavy atom. The van der Waals surface area contributed by atoms with Crippen LogP contribution in [0.5, 0.6) is 0 Å². The molecule has 0 bridgehead atoms. The van der Waals surface area contributed by atoms with Crippen LogP contribution in [0.25, 0.3) is 0 Å². The molecule has 1 aromatic rings. The first-order valence-corrected chi connectivity index (χ1v) is 7.81. The van der Waals surface area contributed by atoms with E-state index in [9.17, 15) is 9.59 Å². The molecule has 1 aromatic heterocycles. The van der Waals surface area contributed by atoms with E-state index in [2.05, 4.69) is 0 Å². The van der Waals surface area contributed by atoms with Crippen molar-refractivity contribution in [3.63, 3.8) is 0 Å². The Bertz CT molecular complexity index is 567. The number of amides is 1. The van der Waals surface area contributed by atoms with Crippen molar-refractivity contribution in [1.29, 1.82) is 0 Å². The van der Waals surface area contributed by atoms with Crippen molar-refractivity contribution in [2.45, 2.75) is 32.2 Å². The third-order valence-electron chi connectivity index (χ3n) is 4.68. The van der Waals surface area contributed by atoms with Gasteiger partial charge >= 0.3 is 5.97 Å². The van der Waals surface area contributed by atoms with Crippen LogP contribution in [-0.2, 0) is 20.7 Å². The summed E-state index contributed by atoms with van der Waals surface area (Å²) < 4.78 is 11.3. The maximum atomic E-state index is 12.7. The Labute approximate surface area is 129 Å². The first-order chi connectivity index (χ1) is 10.6. The Morgan fingerprint density at radius 3 is 2.68 bits per heavy atom. The maximum absolute atomic E-state index is 12.7. The number of carbonyl (C=O) groups is 2. The standard InChI is InChI=1S/C16H21NO5/c1-2-10-3-6-14(22-10)13-9-21-8-7-17(13)15(18)11-4-5-12(11)16(19)20/h3,6,11-13H,2,4-5,7-9H2,1H3,(H,19,20). The highest BCUT2D eigenvalue weighted by Crippen LogP contribution is 2.38. The highest BCUT2D eigenvalue weighted by Gasteiger charge is 2.45. The minimum absolute atomic E-state index is 0.0820. The number of hydrogen-bond donors (Lipinski definition) is 1. The van der Waals surface area contributed by atoms with E-state index in [1.54, 1.807) is 4.90 Å². The van der Waals surface area contributed by atoms with Gasteiger partial charge in [0.2, 0.25) is 5.91 Å². The summed E-state index contributed by atoms with van der Waals surface area (Å²) in [5.74, 6) is -0.310. The molecule has 3 atom stereocenters. The zero-order chi connectivity index (χ0) is 15.7. The molecule has 0 spiro atoms. The van der Waals surface area contributed by atoms with Crippen molar-refractivity contribution in [3.8, 4) is 0 Å². The molecular weight excluding hydrogens is 286 g/mol. The topological polar surface area (TPSA) is 80.0 Å². The summed E-state index contributed by atoms with van der Waals surface area (Å²) in [6.07, 6.45) is 2.03. The van der Waals surface area contributed by atoms with Crippen molar-refractivity contribution in [2.75, 3.05) is 19.8 Å². The van der Waals surface area contributed by atoms with Crippen molar-refractivity contribution < 1.29 is 23.8 Å². The average molecular weight is 307 g/mol. The number of nitrogens with zero attached hydrogens (tertiary/aromatic N) is 1. The van der Waals surface area contributed by atoms with Gasteiger partial charge < -0.3 is 19.2 Å². The number of morpholine rings is 1. The van der Waals surface area contributed by atoms with Crippen LogP contribution in [0.15, 0.2) is 16.5 Å². The zero-order valence-electron chi connectivity index (χ0n) is 12.7. The molecular formula is C16H21NO5. The number of aliphatic carboxylic acids is 1. The number of aryl methyl sites for hydroxylation is 1. The molecule has 22 heavy (non-hydrogen) atoms. The summed E-state index contributed by atoms with van der Waals surface area (Å²) in [4.78, 5) is 25.6. The minimum Gasteiger partial charge on any atom is -0.481 e. The van der Waals surface area contributed by atoms with Gasteiger partial charge in [0.15, 0.2) is 0 Å². The predicted molar refractivity (Wildman–Crippen MR) is 77.2 cm³/mol. The molecule has 1 aliphatic heterocycles. The van der Waals surface area contributed by atoms with E-state index in [4.69, 9.17) is 14.3 Å². The number of carboxylic acid groups (broad SMARTS) is 1. The van der Waals surface area contributed by atoms with Crippen molar-refractivity contribution in [3.05, 3.63) is 23.7 Å².